The van der Waals surface area contributed by atoms with Crippen LogP contribution in [0.1, 0.15) is 20.8 Å². The summed E-state index contributed by atoms with van der Waals surface area (Å²) in [6.45, 7) is 2.36. The van der Waals surface area contributed by atoms with Gasteiger partial charge in [0.1, 0.15) is 17.2 Å². The molecule has 0 aliphatic carbocycles. The molecule has 0 atom stereocenters. The molecular formula is C14H14O3S. The topological polar surface area (TPSA) is 35.5 Å². The Balaban J connectivity index is 2.09. The lowest BCUT2D eigenvalue weighted by Crippen LogP contribution is -2.04. The van der Waals surface area contributed by atoms with Crippen LogP contribution in [0.15, 0.2) is 35.7 Å². The number of para-hydroxylation sites is 1. The van der Waals surface area contributed by atoms with E-state index in [0.29, 0.717) is 11.5 Å². The Morgan fingerprint density at radius 3 is 2.78 bits per heavy atom. The standard InChI is InChI=1S/C14H14O3S/c1-10-5-3-4-6-12(10)17-9-11-7-8-18-13(11)14(15)16-2/h3-8H,9H2,1-2H3. The number of methoxy groups -OCH3 is 1. The number of carbonyl (C=O) groups excluding carboxylic acids is 1. The smallest absolute Gasteiger partial charge is 0.348 e. The molecule has 2 rings (SSSR count). The van der Waals surface area contributed by atoms with Crippen molar-refractivity contribution in [2.24, 2.45) is 0 Å². The minimum absolute atomic E-state index is 0.312. The molecule has 2 aromatic rings. The summed E-state index contributed by atoms with van der Waals surface area (Å²) in [4.78, 5) is 12.1. The lowest BCUT2D eigenvalue weighted by Gasteiger charge is -2.08. The summed E-state index contributed by atoms with van der Waals surface area (Å²) < 4.78 is 10.4. The zero-order chi connectivity index (χ0) is 13.0. The molecule has 0 saturated heterocycles. The van der Waals surface area contributed by atoms with Crippen LogP contribution in [0.2, 0.25) is 0 Å². The van der Waals surface area contributed by atoms with Gasteiger partial charge in [-0.25, -0.2) is 4.79 Å². The maximum atomic E-state index is 11.5. The number of esters is 1. The number of hydrogen-bond acceptors (Lipinski definition) is 4. The number of thiophene rings is 1. The molecule has 18 heavy (non-hydrogen) atoms. The number of benzene rings is 1. The number of carbonyl (C=O) groups is 1. The molecule has 0 N–H and O–H groups in total. The van der Waals surface area contributed by atoms with Crippen LogP contribution in [0, 0.1) is 6.92 Å². The Labute approximate surface area is 110 Å². The molecule has 0 aliphatic heterocycles. The fourth-order valence-corrected chi connectivity index (χ4v) is 2.42. The second-order valence-electron chi connectivity index (χ2n) is 3.82. The molecular weight excluding hydrogens is 248 g/mol. The minimum Gasteiger partial charge on any atom is -0.489 e. The maximum Gasteiger partial charge on any atom is 0.348 e. The number of ether oxygens (including phenoxy) is 2. The van der Waals surface area contributed by atoms with Crippen molar-refractivity contribution >= 4 is 17.3 Å². The maximum absolute atomic E-state index is 11.5. The predicted octanol–water partition coefficient (Wildman–Crippen LogP) is 3.42. The Morgan fingerprint density at radius 1 is 1.28 bits per heavy atom. The first-order valence-electron chi connectivity index (χ1n) is 5.55. The first-order chi connectivity index (χ1) is 8.72. The van der Waals surface area contributed by atoms with Gasteiger partial charge in [-0.2, -0.15) is 0 Å². The van der Waals surface area contributed by atoms with Gasteiger partial charge in [0.05, 0.1) is 7.11 Å². The van der Waals surface area contributed by atoms with E-state index in [-0.39, 0.29) is 5.97 Å². The number of rotatable bonds is 4. The molecule has 3 nitrogen and oxygen atoms in total. The number of aryl methyl sites for hydroxylation is 1. The molecule has 0 unspecified atom stereocenters. The quantitative estimate of drug-likeness (QED) is 0.792. The molecule has 0 bridgehead atoms. The van der Waals surface area contributed by atoms with Crippen molar-refractivity contribution in [1.82, 2.24) is 0 Å². The third kappa shape index (κ3) is 2.71. The Hall–Kier alpha value is -1.81. The van der Waals surface area contributed by atoms with Crippen molar-refractivity contribution in [1.29, 1.82) is 0 Å². The van der Waals surface area contributed by atoms with E-state index < -0.39 is 0 Å². The van der Waals surface area contributed by atoms with Gasteiger partial charge in [0.25, 0.3) is 0 Å². The van der Waals surface area contributed by atoms with E-state index >= 15 is 0 Å². The van der Waals surface area contributed by atoms with E-state index in [1.54, 1.807) is 0 Å². The highest BCUT2D eigenvalue weighted by atomic mass is 32.1. The highest BCUT2D eigenvalue weighted by molar-refractivity contribution is 7.12. The van der Waals surface area contributed by atoms with Crippen molar-refractivity contribution in [3.63, 3.8) is 0 Å². The van der Waals surface area contributed by atoms with E-state index in [4.69, 9.17) is 9.47 Å². The summed E-state index contributed by atoms with van der Waals surface area (Å²) >= 11 is 1.37. The Morgan fingerprint density at radius 2 is 2.06 bits per heavy atom. The molecule has 0 radical (unpaired) electrons. The molecule has 1 aromatic carbocycles. The SMILES string of the molecule is COC(=O)c1sccc1COc1ccccc1C. The van der Waals surface area contributed by atoms with E-state index in [2.05, 4.69) is 0 Å². The van der Waals surface area contributed by atoms with Gasteiger partial charge < -0.3 is 9.47 Å². The lowest BCUT2D eigenvalue weighted by molar-refractivity contribution is 0.0603. The van der Waals surface area contributed by atoms with Crippen LogP contribution >= 0.6 is 11.3 Å². The second kappa shape index (κ2) is 5.69. The summed E-state index contributed by atoms with van der Waals surface area (Å²) in [5, 5.41) is 1.86. The monoisotopic (exact) mass is 262 g/mol. The second-order valence-corrected chi connectivity index (χ2v) is 4.74. The molecule has 1 aromatic heterocycles. The van der Waals surface area contributed by atoms with Crippen LogP contribution in [-0.2, 0) is 11.3 Å². The zero-order valence-electron chi connectivity index (χ0n) is 10.3. The van der Waals surface area contributed by atoms with Crippen LogP contribution in [0.25, 0.3) is 0 Å². The van der Waals surface area contributed by atoms with Gasteiger partial charge in [0.2, 0.25) is 0 Å². The molecule has 0 spiro atoms. The molecule has 0 aliphatic rings. The van der Waals surface area contributed by atoms with Gasteiger partial charge in [-0.3, -0.25) is 0 Å². The third-order valence-corrected chi connectivity index (χ3v) is 3.53. The van der Waals surface area contributed by atoms with Crippen LogP contribution in [0.5, 0.6) is 5.75 Å². The van der Waals surface area contributed by atoms with Crippen molar-refractivity contribution in [3.8, 4) is 5.75 Å². The van der Waals surface area contributed by atoms with Gasteiger partial charge in [0, 0.05) is 5.56 Å². The Bertz CT molecular complexity index is 545. The largest absolute Gasteiger partial charge is 0.489 e. The average molecular weight is 262 g/mol. The molecule has 0 fully saturated rings. The fraction of sp³-hybridized carbons (Fsp3) is 0.214. The molecule has 0 saturated carbocycles. The summed E-state index contributed by atoms with van der Waals surface area (Å²) in [5.74, 6) is 0.521. The predicted molar refractivity (Wildman–Crippen MR) is 71.2 cm³/mol. The Kier molecular flexibility index (Phi) is 3.99. The average Bonchev–Trinajstić information content (AvgIpc) is 2.85. The van der Waals surface area contributed by atoms with Crippen molar-refractivity contribution in [2.75, 3.05) is 7.11 Å². The minimum atomic E-state index is -0.312. The zero-order valence-corrected chi connectivity index (χ0v) is 11.1. The summed E-state index contributed by atoms with van der Waals surface area (Å²) in [5.41, 5.74) is 1.93. The number of hydrogen-bond donors (Lipinski definition) is 0. The van der Waals surface area contributed by atoms with Crippen LogP contribution in [-0.4, -0.2) is 13.1 Å². The van der Waals surface area contributed by atoms with E-state index in [1.807, 2.05) is 42.6 Å². The first-order valence-corrected chi connectivity index (χ1v) is 6.43. The van der Waals surface area contributed by atoms with Crippen LogP contribution in [0.3, 0.4) is 0 Å². The summed E-state index contributed by atoms with van der Waals surface area (Å²) in [7, 11) is 1.38. The third-order valence-electron chi connectivity index (χ3n) is 2.59. The highest BCUT2D eigenvalue weighted by Gasteiger charge is 2.13. The summed E-state index contributed by atoms with van der Waals surface area (Å²) in [6, 6.07) is 9.68. The molecule has 4 heteroatoms. The fourth-order valence-electron chi connectivity index (χ4n) is 1.60. The van der Waals surface area contributed by atoms with E-state index in [9.17, 15) is 4.79 Å². The highest BCUT2D eigenvalue weighted by Crippen LogP contribution is 2.22. The van der Waals surface area contributed by atoms with Gasteiger partial charge in [-0.05, 0) is 30.0 Å². The lowest BCUT2D eigenvalue weighted by atomic mass is 10.2. The van der Waals surface area contributed by atoms with Gasteiger partial charge in [-0.1, -0.05) is 18.2 Å². The van der Waals surface area contributed by atoms with E-state index in [0.717, 1.165) is 16.9 Å². The molecule has 94 valence electrons. The summed E-state index contributed by atoms with van der Waals surface area (Å²) in [6.07, 6.45) is 0. The van der Waals surface area contributed by atoms with Gasteiger partial charge in [0.15, 0.2) is 0 Å². The van der Waals surface area contributed by atoms with Crippen LogP contribution < -0.4 is 4.74 Å². The van der Waals surface area contributed by atoms with Gasteiger partial charge in [-0.15, -0.1) is 11.3 Å². The first kappa shape index (κ1) is 12.6. The van der Waals surface area contributed by atoms with Crippen molar-refractivity contribution in [3.05, 3.63) is 51.7 Å². The normalized spacial score (nSPS) is 10.1. The molecule has 0 amide bonds. The van der Waals surface area contributed by atoms with Gasteiger partial charge >= 0.3 is 5.97 Å². The van der Waals surface area contributed by atoms with E-state index in [1.165, 1.54) is 18.4 Å². The van der Waals surface area contributed by atoms with Crippen molar-refractivity contribution < 1.29 is 14.3 Å². The molecule has 1 heterocycles. The van der Waals surface area contributed by atoms with Crippen molar-refractivity contribution in [2.45, 2.75) is 13.5 Å². The van der Waals surface area contributed by atoms with Crippen LogP contribution in [0.4, 0.5) is 0 Å².